The zero-order chi connectivity index (χ0) is 13.2. The van der Waals surface area contributed by atoms with Crippen LogP contribution in [0.2, 0.25) is 0 Å². The van der Waals surface area contributed by atoms with Gasteiger partial charge >= 0.3 is 0 Å². The molecule has 2 fully saturated rings. The fourth-order valence-electron chi connectivity index (χ4n) is 2.25. The number of nitrogens with zero attached hydrogens (tertiary/aromatic N) is 1. The van der Waals surface area contributed by atoms with Crippen molar-refractivity contribution < 1.29 is 19.0 Å². The number of ether oxygens (including phenoxy) is 3. The van der Waals surface area contributed by atoms with E-state index in [9.17, 15) is 4.79 Å². The fraction of sp³-hybridized carbons (Fsp3) is 0.923. The van der Waals surface area contributed by atoms with Gasteiger partial charge in [0.2, 0.25) is 5.91 Å². The molecule has 0 aromatic heterocycles. The van der Waals surface area contributed by atoms with Crippen LogP contribution in [-0.2, 0) is 19.0 Å². The summed E-state index contributed by atoms with van der Waals surface area (Å²) in [6.07, 6.45) is 1.52. The summed E-state index contributed by atoms with van der Waals surface area (Å²) in [4.78, 5) is 13.8. The molecule has 5 heteroatoms. The number of amides is 1. The van der Waals surface area contributed by atoms with Crippen LogP contribution in [0.25, 0.3) is 0 Å². The van der Waals surface area contributed by atoms with E-state index in [0.717, 1.165) is 12.8 Å². The van der Waals surface area contributed by atoms with Gasteiger partial charge in [-0.2, -0.15) is 0 Å². The van der Waals surface area contributed by atoms with Gasteiger partial charge < -0.3 is 19.1 Å². The van der Waals surface area contributed by atoms with Gasteiger partial charge in [0.05, 0.1) is 18.8 Å². The smallest absolute Gasteiger partial charge is 0.248 e. The highest BCUT2D eigenvalue weighted by molar-refractivity contribution is 5.77. The first-order chi connectivity index (χ1) is 8.40. The van der Waals surface area contributed by atoms with E-state index >= 15 is 0 Å². The SMILES string of the molecule is CC(C)(C)OCC(=O)N1CCC2(CC1)OCCO2. The van der Waals surface area contributed by atoms with Crippen molar-refractivity contribution in [1.82, 2.24) is 4.90 Å². The number of hydrogen-bond donors (Lipinski definition) is 0. The predicted octanol–water partition coefficient (Wildman–Crippen LogP) is 1.17. The minimum absolute atomic E-state index is 0.0535. The molecule has 0 aromatic rings. The highest BCUT2D eigenvalue weighted by atomic mass is 16.7. The molecule has 0 unspecified atom stereocenters. The van der Waals surface area contributed by atoms with Gasteiger partial charge in [0.25, 0.3) is 0 Å². The maximum atomic E-state index is 12.0. The molecule has 1 spiro atoms. The van der Waals surface area contributed by atoms with Gasteiger partial charge in [-0.3, -0.25) is 4.79 Å². The molecule has 2 heterocycles. The van der Waals surface area contributed by atoms with Crippen LogP contribution in [0.15, 0.2) is 0 Å². The first kappa shape index (κ1) is 13.8. The third-order valence-electron chi connectivity index (χ3n) is 3.32. The molecular weight excluding hydrogens is 234 g/mol. The molecule has 0 aromatic carbocycles. The van der Waals surface area contributed by atoms with E-state index < -0.39 is 5.79 Å². The Bertz CT molecular complexity index is 295. The van der Waals surface area contributed by atoms with Crippen molar-refractivity contribution in [1.29, 1.82) is 0 Å². The first-order valence-electron chi connectivity index (χ1n) is 6.60. The Morgan fingerprint density at radius 1 is 1.22 bits per heavy atom. The highest BCUT2D eigenvalue weighted by Gasteiger charge is 2.40. The normalized spacial score (nSPS) is 23.6. The van der Waals surface area contributed by atoms with Crippen molar-refractivity contribution in [3.05, 3.63) is 0 Å². The molecule has 0 N–H and O–H groups in total. The van der Waals surface area contributed by atoms with E-state index in [0.29, 0.717) is 26.3 Å². The number of hydrogen-bond acceptors (Lipinski definition) is 4. The van der Waals surface area contributed by atoms with E-state index in [1.54, 1.807) is 0 Å². The van der Waals surface area contributed by atoms with Crippen LogP contribution in [0.1, 0.15) is 33.6 Å². The molecule has 0 radical (unpaired) electrons. The van der Waals surface area contributed by atoms with Gasteiger partial charge in [-0.25, -0.2) is 0 Å². The summed E-state index contributed by atoms with van der Waals surface area (Å²) in [5.74, 6) is -0.362. The van der Waals surface area contributed by atoms with Crippen molar-refractivity contribution in [3.63, 3.8) is 0 Å². The largest absolute Gasteiger partial charge is 0.366 e. The minimum Gasteiger partial charge on any atom is -0.366 e. The molecule has 0 saturated carbocycles. The summed E-state index contributed by atoms with van der Waals surface area (Å²) in [6, 6.07) is 0. The van der Waals surface area contributed by atoms with Gasteiger partial charge in [-0.1, -0.05) is 0 Å². The molecule has 104 valence electrons. The van der Waals surface area contributed by atoms with Crippen molar-refractivity contribution >= 4 is 5.91 Å². The van der Waals surface area contributed by atoms with E-state index in [4.69, 9.17) is 14.2 Å². The highest BCUT2D eigenvalue weighted by Crippen LogP contribution is 2.31. The third-order valence-corrected chi connectivity index (χ3v) is 3.32. The van der Waals surface area contributed by atoms with Crippen molar-refractivity contribution in [2.24, 2.45) is 0 Å². The molecule has 2 saturated heterocycles. The molecule has 2 rings (SSSR count). The van der Waals surface area contributed by atoms with Crippen LogP contribution in [0.4, 0.5) is 0 Å². The zero-order valence-corrected chi connectivity index (χ0v) is 11.5. The van der Waals surface area contributed by atoms with Gasteiger partial charge in [-0.05, 0) is 20.8 Å². The zero-order valence-electron chi connectivity index (χ0n) is 11.5. The second-order valence-electron chi connectivity index (χ2n) is 5.89. The molecule has 2 aliphatic rings. The van der Waals surface area contributed by atoms with E-state index in [-0.39, 0.29) is 18.1 Å². The molecule has 5 nitrogen and oxygen atoms in total. The lowest BCUT2D eigenvalue weighted by atomic mass is 10.0. The Kier molecular flexibility index (Phi) is 3.94. The van der Waals surface area contributed by atoms with Gasteiger partial charge in [-0.15, -0.1) is 0 Å². The Labute approximate surface area is 108 Å². The number of carbonyl (C=O) groups is 1. The van der Waals surface area contributed by atoms with Crippen LogP contribution in [0, 0.1) is 0 Å². The molecule has 2 aliphatic heterocycles. The number of carbonyl (C=O) groups excluding carboxylic acids is 1. The van der Waals surface area contributed by atoms with Crippen molar-refractivity contribution in [2.75, 3.05) is 32.9 Å². The number of rotatable bonds is 2. The van der Waals surface area contributed by atoms with Crippen molar-refractivity contribution in [2.45, 2.75) is 45.0 Å². The van der Waals surface area contributed by atoms with Crippen LogP contribution in [0.3, 0.4) is 0 Å². The minimum atomic E-state index is -0.415. The average molecular weight is 257 g/mol. The summed E-state index contributed by atoms with van der Waals surface area (Å²) >= 11 is 0. The first-order valence-corrected chi connectivity index (χ1v) is 6.60. The summed E-state index contributed by atoms with van der Waals surface area (Å²) in [5.41, 5.74) is -0.273. The quantitative estimate of drug-likeness (QED) is 0.745. The van der Waals surface area contributed by atoms with Crippen LogP contribution in [0.5, 0.6) is 0 Å². The molecule has 0 aliphatic carbocycles. The predicted molar refractivity (Wildman–Crippen MR) is 66.2 cm³/mol. The Morgan fingerprint density at radius 3 is 2.28 bits per heavy atom. The Hall–Kier alpha value is -0.650. The fourth-order valence-corrected chi connectivity index (χ4v) is 2.25. The van der Waals surface area contributed by atoms with Gasteiger partial charge in [0.1, 0.15) is 6.61 Å². The lowest BCUT2D eigenvalue weighted by Gasteiger charge is -2.37. The Balaban J connectivity index is 1.77. The van der Waals surface area contributed by atoms with E-state index in [1.807, 2.05) is 25.7 Å². The van der Waals surface area contributed by atoms with E-state index in [1.165, 1.54) is 0 Å². The Morgan fingerprint density at radius 2 is 1.78 bits per heavy atom. The maximum Gasteiger partial charge on any atom is 0.248 e. The monoisotopic (exact) mass is 257 g/mol. The van der Waals surface area contributed by atoms with Crippen molar-refractivity contribution in [3.8, 4) is 0 Å². The summed E-state index contributed by atoms with van der Waals surface area (Å²) in [6.45, 7) is 8.71. The second-order valence-corrected chi connectivity index (χ2v) is 5.89. The molecule has 0 atom stereocenters. The average Bonchev–Trinajstić information content (AvgIpc) is 2.75. The van der Waals surface area contributed by atoms with Gasteiger partial charge in [0.15, 0.2) is 5.79 Å². The topological polar surface area (TPSA) is 48.0 Å². The van der Waals surface area contributed by atoms with Crippen LogP contribution >= 0.6 is 0 Å². The lowest BCUT2D eigenvalue weighted by molar-refractivity contribution is -0.189. The van der Waals surface area contributed by atoms with Crippen LogP contribution in [-0.4, -0.2) is 55.1 Å². The number of piperidine rings is 1. The van der Waals surface area contributed by atoms with Gasteiger partial charge in [0, 0.05) is 25.9 Å². The molecule has 1 amide bonds. The summed E-state index contributed by atoms with van der Waals surface area (Å²) in [7, 11) is 0. The maximum absolute atomic E-state index is 12.0. The lowest BCUT2D eigenvalue weighted by Crippen LogP contribution is -2.48. The molecule has 0 bridgehead atoms. The molecular formula is C13H23NO4. The summed E-state index contributed by atoms with van der Waals surface area (Å²) < 4.78 is 16.8. The van der Waals surface area contributed by atoms with E-state index in [2.05, 4.69) is 0 Å². The second kappa shape index (κ2) is 5.15. The molecule has 18 heavy (non-hydrogen) atoms. The third kappa shape index (κ3) is 3.43. The standard InChI is InChI=1S/C13H23NO4/c1-12(2,3)18-10-11(15)14-6-4-13(5-7-14)16-8-9-17-13/h4-10H2,1-3H3. The number of likely N-dealkylation sites (tertiary alicyclic amines) is 1. The van der Waals surface area contributed by atoms with Crippen LogP contribution < -0.4 is 0 Å². The summed E-state index contributed by atoms with van der Waals surface area (Å²) in [5, 5.41) is 0.